The van der Waals surface area contributed by atoms with Gasteiger partial charge in [-0.3, -0.25) is 10.2 Å². The number of nitrogens with zero attached hydrogens (tertiary/aromatic N) is 4. The molecule has 1 aliphatic heterocycles. The molecule has 7 heteroatoms. The minimum absolute atomic E-state index is 0.260. The number of aromatic nitrogens is 2. The van der Waals surface area contributed by atoms with Crippen molar-refractivity contribution in [1.29, 1.82) is 0 Å². The summed E-state index contributed by atoms with van der Waals surface area (Å²) >= 11 is 0. The minimum atomic E-state index is 0.260. The summed E-state index contributed by atoms with van der Waals surface area (Å²) in [5.74, 6) is 1.25. The molecule has 0 unspecified atom stereocenters. The summed E-state index contributed by atoms with van der Waals surface area (Å²) in [6.45, 7) is 4.25. The number of nitrogens with one attached hydrogen (secondary N) is 2. The highest BCUT2D eigenvalue weighted by molar-refractivity contribution is 5.61. The fraction of sp³-hybridized carbons (Fsp3) is 0.524. The Balaban J connectivity index is 1.48. The van der Waals surface area contributed by atoms with Crippen molar-refractivity contribution in [1.82, 2.24) is 15.6 Å². The molecule has 2 fully saturated rings. The maximum atomic E-state index is 9.69. The van der Waals surface area contributed by atoms with Crippen LogP contribution in [0.15, 0.2) is 30.5 Å². The molecule has 1 saturated heterocycles. The molecule has 1 aromatic heterocycles. The number of hydrazine groups is 1. The molecule has 150 valence electrons. The van der Waals surface area contributed by atoms with E-state index in [0.29, 0.717) is 5.95 Å². The number of rotatable bonds is 6. The van der Waals surface area contributed by atoms with E-state index in [0.717, 1.165) is 43.0 Å². The van der Waals surface area contributed by atoms with Gasteiger partial charge >= 0.3 is 0 Å². The lowest BCUT2D eigenvalue weighted by molar-refractivity contribution is 0.141. The minimum Gasteiger partial charge on any atom is -0.372 e. The normalized spacial score (nSPS) is 17.7. The molecule has 2 aromatic rings. The Bertz CT molecular complexity index is 769. The third kappa shape index (κ3) is 4.20. The molecule has 0 atom stereocenters. The summed E-state index contributed by atoms with van der Waals surface area (Å²) in [5, 5.41) is 14.8. The summed E-state index contributed by atoms with van der Waals surface area (Å²) in [4.78, 5) is 11.5. The summed E-state index contributed by atoms with van der Waals surface area (Å²) in [7, 11) is 0. The lowest BCUT2D eigenvalue weighted by Crippen LogP contribution is -2.44. The van der Waals surface area contributed by atoms with Gasteiger partial charge in [-0.1, -0.05) is 12.8 Å². The molecule has 28 heavy (non-hydrogen) atoms. The van der Waals surface area contributed by atoms with Gasteiger partial charge in [0.05, 0.1) is 0 Å². The van der Waals surface area contributed by atoms with E-state index in [1.807, 2.05) is 6.92 Å². The van der Waals surface area contributed by atoms with E-state index in [1.54, 1.807) is 11.2 Å². The van der Waals surface area contributed by atoms with E-state index < -0.39 is 0 Å². The fourth-order valence-electron chi connectivity index (χ4n) is 4.24. The first-order valence-corrected chi connectivity index (χ1v) is 10.4. The van der Waals surface area contributed by atoms with Gasteiger partial charge < -0.3 is 10.2 Å². The third-order valence-electron chi connectivity index (χ3n) is 5.82. The van der Waals surface area contributed by atoms with Gasteiger partial charge in [0.2, 0.25) is 5.95 Å². The molecule has 2 aliphatic rings. The molecule has 1 aromatic carbocycles. The Morgan fingerprint density at radius 2 is 1.75 bits per heavy atom. The zero-order valence-corrected chi connectivity index (χ0v) is 16.6. The lowest BCUT2D eigenvalue weighted by atomic mass is 10.1. The monoisotopic (exact) mass is 382 g/mol. The van der Waals surface area contributed by atoms with Crippen LogP contribution >= 0.6 is 0 Å². The summed E-state index contributed by atoms with van der Waals surface area (Å²) in [6, 6.07) is 8.72. The molecule has 0 bridgehead atoms. The Hall–Kier alpha value is -2.38. The second-order valence-corrected chi connectivity index (χ2v) is 7.83. The predicted molar refractivity (Wildman–Crippen MR) is 112 cm³/mol. The zero-order valence-electron chi connectivity index (χ0n) is 16.6. The van der Waals surface area contributed by atoms with Gasteiger partial charge in [-0.15, -0.1) is 5.59 Å². The van der Waals surface area contributed by atoms with Crippen LogP contribution in [0.3, 0.4) is 0 Å². The highest BCUT2D eigenvalue weighted by Gasteiger charge is 2.25. The van der Waals surface area contributed by atoms with Crippen molar-refractivity contribution in [2.24, 2.45) is 0 Å². The van der Waals surface area contributed by atoms with Crippen LogP contribution in [0.4, 0.5) is 23.1 Å². The van der Waals surface area contributed by atoms with Gasteiger partial charge in [-0.05, 0) is 63.3 Å². The zero-order chi connectivity index (χ0) is 19.3. The molecule has 0 spiro atoms. The second kappa shape index (κ2) is 8.75. The standard InChI is InChI=1S/C21H30N6O/c1-16-15-22-21(24-20(16)27(25-28)19-7-3-4-8-19)23-17-9-11-18(12-10-17)26-13-5-2-6-14-26/h9-12,15,19,25,28H,2-8,13-14H2,1H3,(H,22,23,24). The Morgan fingerprint density at radius 1 is 1.04 bits per heavy atom. The molecule has 0 amide bonds. The van der Waals surface area contributed by atoms with Crippen LogP contribution in [-0.4, -0.2) is 34.3 Å². The van der Waals surface area contributed by atoms with Crippen molar-refractivity contribution in [2.75, 3.05) is 28.3 Å². The fourth-order valence-corrected chi connectivity index (χ4v) is 4.24. The van der Waals surface area contributed by atoms with E-state index in [9.17, 15) is 5.21 Å². The van der Waals surface area contributed by atoms with Crippen LogP contribution in [-0.2, 0) is 0 Å². The molecule has 1 saturated carbocycles. The van der Waals surface area contributed by atoms with E-state index in [2.05, 4.69) is 50.0 Å². The topological polar surface area (TPSA) is 76.6 Å². The van der Waals surface area contributed by atoms with Crippen molar-refractivity contribution < 1.29 is 5.21 Å². The molecule has 0 radical (unpaired) electrons. The first-order chi connectivity index (χ1) is 13.7. The Morgan fingerprint density at radius 3 is 2.43 bits per heavy atom. The van der Waals surface area contributed by atoms with Crippen LogP contribution in [0.2, 0.25) is 0 Å². The second-order valence-electron chi connectivity index (χ2n) is 7.83. The maximum absolute atomic E-state index is 9.69. The summed E-state index contributed by atoms with van der Waals surface area (Å²) in [5.41, 5.74) is 5.51. The molecule has 1 aliphatic carbocycles. The van der Waals surface area contributed by atoms with Gasteiger partial charge in [-0.2, -0.15) is 4.98 Å². The van der Waals surface area contributed by atoms with Crippen LogP contribution in [0.1, 0.15) is 50.5 Å². The first kappa shape index (κ1) is 19.0. The lowest BCUT2D eigenvalue weighted by Gasteiger charge is -2.29. The van der Waals surface area contributed by atoms with Gasteiger partial charge in [0, 0.05) is 42.3 Å². The quantitative estimate of drug-likeness (QED) is 0.648. The van der Waals surface area contributed by atoms with Gasteiger partial charge in [-0.25, -0.2) is 4.98 Å². The molecule has 2 heterocycles. The smallest absolute Gasteiger partial charge is 0.229 e. The number of benzene rings is 1. The number of piperidine rings is 1. The van der Waals surface area contributed by atoms with Gasteiger partial charge in [0.25, 0.3) is 0 Å². The van der Waals surface area contributed by atoms with Crippen molar-refractivity contribution in [3.63, 3.8) is 0 Å². The Kier molecular flexibility index (Phi) is 5.92. The first-order valence-electron chi connectivity index (χ1n) is 10.4. The molecular formula is C21H30N6O. The van der Waals surface area contributed by atoms with E-state index >= 15 is 0 Å². The molecular weight excluding hydrogens is 352 g/mol. The summed E-state index contributed by atoms with van der Waals surface area (Å²) in [6.07, 6.45) is 10.2. The number of aryl methyl sites for hydroxylation is 1. The number of anilines is 4. The van der Waals surface area contributed by atoms with Crippen LogP contribution in [0, 0.1) is 6.92 Å². The van der Waals surface area contributed by atoms with Crippen LogP contribution < -0.4 is 20.8 Å². The highest BCUT2D eigenvalue weighted by Crippen LogP contribution is 2.28. The molecule has 4 rings (SSSR count). The van der Waals surface area contributed by atoms with Crippen molar-refractivity contribution in [2.45, 2.75) is 57.9 Å². The van der Waals surface area contributed by atoms with Crippen molar-refractivity contribution >= 4 is 23.1 Å². The summed E-state index contributed by atoms with van der Waals surface area (Å²) < 4.78 is 0. The third-order valence-corrected chi connectivity index (χ3v) is 5.82. The van der Waals surface area contributed by atoms with Gasteiger partial charge in [0.15, 0.2) is 5.82 Å². The predicted octanol–water partition coefficient (Wildman–Crippen LogP) is 4.16. The average molecular weight is 383 g/mol. The SMILES string of the molecule is Cc1cnc(Nc2ccc(N3CCCCC3)cc2)nc1N(NO)C1CCCC1. The molecule has 3 N–H and O–H groups in total. The van der Waals surface area contributed by atoms with E-state index in [-0.39, 0.29) is 6.04 Å². The number of hydrogen-bond acceptors (Lipinski definition) is 7. The molecule has 7 nitrogen and oxygen atoms in total. The van der Waals surface area contributed by atoms with E-state index in [1.165, 1.54) is 37.8 Å². The average Bonchev–Trinajstić information content (AvgIpc) is 3.27. The van der Waals surface area contributed by atoms with Crippen molar-refractivity contribution in [3.05, 3.63) is 36.0 Å². The van der Waals surface area contributed by atoms with Crippen molar-refractivity contribution in [3.8, 4) is 0 Å². The van der Waals surface area contributed by atoms with Crippen LogP contribution in [0.5, 0.6) is 0 Å². The Labute approximate surface area is 166 Å². The number of hydrogen-bond donors (Lipinski definition) is 3. The largest absolute Gasteiger partial charge is 0.372 e. The van der Waals surface area contributed by atoms with Crippen LogP contribution in [0.25, 0.3) is 0 Å². The highest BCUT2D eigenvalue weighted by atomic mass is 16.5. The van der Waals surface area contributed by atoms with Gasteiger partial charge in [0.1, 0.15) is 0 Å². The van der Waals surface area contributed by atoms with E-state index in [4.69, 9.17) is 0 Å². The maximum Gasteiger partial charge on any atom is 0.229 e.